The molecule has 2 atom stereocenters. The number of aliphatic hydroxyl groups excluding tert-OH is 1. The maximum absolute atomic E-state index is 11.9. The van der Waals surface area contributed by atoms with Crippen molar-refractivity contribution in [2.45, 2.75) is 38.8 Å². The Morgan fingerprint density at radius 2 is 2.05 bits per heavy atom. The highest BCUT2D eigenvalue weighted by molar-refractivity contribution is 5.84. The number of carbonyl (C=O) groups is 2. The average Bonchev–Trinajstić information content (AvgIpc) is 3.30. The Morgan fingerprint density at radius 1 is 1.43 bits per heavy atom. The highest BCUT2D eigenvalue weighted by atomic mass is 16.3. The van der Waals surface area contributed by atoms with E-state index < -0.39 is 18.1 Å². The monoisotopic (exact) mass is 290 g/mol. The Morgan fingerprint density at radius 3 is 2.57 bits per heavy atom. The maximum Gasteiger partial charge on any atom is 0.251 e. The van der Waals surface area contributed by atoms with Gasteiger partial charge in [0.25, 0.3) is 5.91 Å². The van der Waals surface area contributed by atoms with Gasteiger partial charge in [-0.25, -0.2) is 0 Å². The van der Waals surface area contributed by atoms with Crippen molar-refractivity contribution in [3.8, 4) is 0 Å². The van der Waals surface area contributed by atoms with Gasteiger partial charge in [0, 0.05) is 12.2 Å². The van der Waals surface area contributed by atoms with Crippen LogP contribution in [0.15, 0.2) is 24.3 Å². The van der Waals surface area contributed by atoms with E-state index in [2.05, 4.69) is 5.32 Å². The van der Waals surface area contributed by atoms with Crippen molar-refractivity contribution in [2.75, 3.05) is 11.4 Å². The van der Waals surface area contributed by atoms with E-state index in [-0.39, 0.29) is 0 Å². The Kier molecular flexibility index (Phi) is 4.96. The lowest BCUT2D eigenvalue weighted by atomic mass is 10.1. The smallest absolute Gasteiger partial charge is 0.251 e. The number of hydrogen-bond acceptors (Lipinski definition) is 3. The molecular weight excluding hydrogens is 268 g/mol. The van der Waals surface area contributed by atoms with Gasteiger partial charge in [-0.2, -0.15) is 0 Å². The molecule has 1 saturated carbocycles. The summed E-state index contributed by atoms with van der Waals surface area (Å²) in [6.07, 6.45) is 1.67. The molecule has 0 aliphatic heterocycles. The van der Waals surface area contributed by atoms with Gasteiger partial charge >= 0.3 is 0 Å². The van der Waals surface area contributed by atoms with E-state index in [1.807, 2.05) is 19.1 Å². The van der Waals surface area contributed by atoms with Crippen molar-refractivity contribution in [2.24, 2.45) is 5.92 Å². The van der Waals surface area contributed by atoms with Gasteiger partial charge in [0.15, 0.2) is 6.10 Å². The van der Waals surface area contributed by atoms with Crippen molar-refractivity contribution in [3.63, 3.8) is 0 Å². The van der Waals surface area contributed by atoms with Crippen molar-refractivity contribution in [3.05, 3.63) is 29.8 Å². The molecule has 21 heavy (non-hydrogen) atoms. The van der Waals surface area contributed by atoms with Crippen LogP contribution in [0.4, 0.5) is 5.69 Å². The number of nitrogens with one attached hydrogen (secondary N) is 1. The molecule has 0 aromatic heterocycles. The van der Waals surface area contributed by atoms with Gasteiger partial charge < -0.3 is 15.3 Å². The highest BCUT2D eigenvalue weighted by Crippen LogP contribution is 2.27. The first-order valence-corrected chi connectivity index (χ1v) is 7.29. The zero-order valence-corrected chi connectivity index (χ0v) is 12.5. The Balaban J connectivity index is 2.00. The molecule has 5 nitrogen and oxygen atoms in total. The van der Waals surface area contributed by atoms with Gasteiger partial charge in [-0.05, 0) is 44.7 Å². The maximum atomic E-state index is 11.9. The number of aryl methyl sites for hydroxylation is 1. The van der Waals surface area contributed by atoms with Crippen LogP contribution in [0.25, 0.3) is 0 Å². The van der Waals surface area contributed by atoms with Gasteiger partial charge in [-0.1, -0.05) is 17.7 Å². The second-order valence-corrected chi connectivity index (χ2v) is 5.72. The molecule has 0 bridgehead atoms. The summed E-state index contributed by atoms with van der Waals surface area (Å²) >= 11 is 0. The molecular formula is C16H22N2O3. The normalized spacial score (nSPS) is 16.9. The second kappa shape index (κ2) is 6.72. The zero-order valence-electron chi connectivity index (χ0n) is 12.5. The third kappa shape index (κ3) is 4.04. The first-order valence-electron chi connectivity index (χ1n) is 7.29. The van der Waals surface area contributed by atoms with Crippen LogP contribution in [0.5, 0.6) is 0 Å². The lowest BCUT2D eigenvalue weighted by molar-refractivity contribution is -0.130. The molecule has 114 valence electrons. The number of rotatable bonds is 7. The molecule has 1 fully saturated rings. The fraction of sp³-hybridized carbons (Fsp3) is 0.500. The van der Waals surface area contributed by atoms with Crippen LogP contribution in [0.2, 0.25) is 0 Å². The van der Waals surface area contributed by atoms with Crippen LogP contribution in [0.3, 0.4) is 0 Å². The third-order valence-corrected chi connectivity index (χ3v) is 3.87. The molecule has 2 unspecified atom stereocenters. The molecule has 1 aromatic rings. The van der Waals surface area contributed by atoms with Gasteiger partial charge in [0.05, 0.1) is 6.04 Å². The summed E-state index contributed by atoms with van der Waals surface area (Å²) < 4.78 is 0. The molecule has 1 aromatic carbocycles. The molecule has 2 N–H and O–H groups in total. The van der Waals surface area contributed by atoms with Crippen LogP contribution < -0.4 is 10.2 Å². The summed E-state index contributed by atoms with van der Waals surface area (Å²) in [5, 5.41) is 12.9. The van der Waals surface area contributed by atoms with Crippen molar-refractivity contribution in [1.29, 1.82) is 0 Å². The molecule has 2 rings (SSSR count). The van der Waals surface area contributed by atoms with Crippen molar-refractivity contribution < 1.29 is 14.7 Å². The minimum absolute atomic E-state index is 0.423. The summed E-state index contributed by atoms with van der Waals surface area (Å²) in [6.45, 7) is 4.22. The fourth-order valence-electron chi connectivity index (χ4n) is 2.15. The molecule has 0 saturated heterocycles. The summed E-state index contributed by atoms with van der Waals surface area (Å²) in [4.78, 5) is 24.6. The van der Waals surface area contributed by atoms with Gasteiger partial charge in [0.2, 0.25) is 6.41 Å². The van der Waals surface area contributed by atoms with Crippen LogP contribution >= 0.6 is 0 Å². The van der Waals surface area contributed by atoms with E-state index in [9.17, 15) is 14.7 Å². The lowest BCUT2D eigenvalue weighted by Crippen LogP contribution is -2.49. The van der Waals surface area contributed by atoms with Gasteiger partial charge in [0.1, 0.15) is 0 Å². The van der Waals surface area contributed by atoms with Crippen molar-refractivity contribution in [1.82, 2.24) is 5.32 Å². The number of carbonyl (C=O) groups excluding carboxylic acids is 2. The van der Waals surface area contributed by atoms with Crippen LogP contribution in [0, 0.1) is 12.8 Å². The molecule has 0 heterocycles. The van der Waals surface area contributed by atoms with Gasteiger partial charge in [-0.3, -0.25) is 9.59 Å². The molecule has 0 radical (unpaired) electrons. The first-order chi connectivity index (χ1) is 10.0. The second-order valence-electron chi connectivity index (χ2n) is 5.72. The van der Waals surface area contributed by atoms with Gasteiger partial charge in [-0.15, -0.1) is 0 Å². The Hall–Kier alpha value is -1.88. The standard InChI is InChI=1S/C16H22N2O3/c1-11-3-7-14(8-4-11)18(10-19)12(2)15(20)16(21)17-9-13-5-6-13/h3-4,7-8,10,12-13,15,20H,5-6,9H2,1-2H3,(H,17,21). The number of nitrogens with zero attached hydrogens (tertiary/aromatic N) is 1. The summed E-state index contributed by atoms with van der Waals surface area (Å²) in [5.41, 5.74) is 1.75. The number of amides is 2. The van der Waals surface area contributed by atoms with E-state index in [1.165, 1.54) is 4.90 Å². The van der Waals surface area contributed by atoms with E-state index in [1.54, 1.807) is 19.1 Å². The number of benzene rings is 1. The quantitative estimate of drug-likeness (QED) is 0.742. The van der Waals surface area contributed by atoms with E-state index in [4.69, 9.17) is 0 Å². The molecule has 1 aliphatic carbocycles. The Bertz CT molecular complexity index is 497. The minimum atomic E-state index is -1.24. The topological polar surface area (TPSA) is 69.6 Å². The Labute approximate surface area is 125 Å². The molecule has 5 heteroatoms. The minimum Gasteiger partial charge on any atom is -0.381 e. The van der Waals surface area contributed by atoms with Crippen LogP contribution in [0.1, 0.15) is 25.3 Å². The van der Waals surface area contributed by atoms with E-state index >= 15 is 0 Å². The fourth-order valence-corrected chi connectivity index (χ4v) is 2.15. The van der Waals surface area contributed by atoms with E-state index in [0.29, 0.717) is 24.6 Å². The molecule has 0 spiro atoms. The largest absolute Gasteiger partial charge is 0.381 e. The third-order valence-electron chi connectivity index (χ3n) is 3.87. The highest BCUT2D eigenvalue weighted by Gasteiger charge is 2.29. The van der Waals surface area contributed by atoms with Crippen LogP contribution in [-0.2, 0) is 9.59 Å². The van der Waals surface area contributed by atoms with Crippen molar-refractivity contribution >= 4 is 18.0 Å². The lowest BCUT2D eigenvalue weighted by Gasteiger charge is -2.28. The summed E-state index contributed by atoms with van der Waals surface area (Å²) in [6, 6.07) is 6.75. The predicted molar refractivity (Wildman–Crippen MR) is 80.9 cm³/mol. The predicted octanol–water partition coefficient (Wildman–Crippen LogP) is 1.23. The molecule has 2 amide bonds. The number of hydrogen-bond donors (Lipinski definition) is 2. The van der Waals surface area contributed by atoms with Crippen LogP contribution in [-0.4, -0.2) is 36.1 Å². The number of aliphatic hydroxyl groups is 1. The van der Waals surface area contributed by atoms with E-state index in [0.717, 1.165) is 18.4 Å². The summed E-state index contributed by atoms with van der Waals surface area (Å²) in [7, 11) is 0. The number of anilines is 1. The average molecular weight is 290 g/mol. The summed E-state index contributed by atoms with van der Waals surface area (Å²) in [5.74, 6) is 0.129. The first kappa shape index (κ1) is 15.5. The zero-order chi connectivity index (χ0) is 15.4. The SMILES string of the molecule is Cc1ccc(N(C=O)C(C)C(O)C(=O)NCC2CC2)cc1. The molecule has 1 aliphatic rings.